The summed E-state index contributed by atoms with van der Waals surface area (Å²) >= 11 is 0. The zero-order valence-electron chi connectivity index (χ0n) is 14.6. The summed E-state index contributed by atoms with van der Waals surface area (Å²) in [6, 6.07) is 21.2. The van der Waals surface area contributed by atoms with Crippen molar-refractivity contribution in [2.75, 3.05) is 13.6 Å². The maximum Gasteiger partial charge on any atom is 0.242 e. The highest BCUT2D eigenvalue weighted by Crippen LogP contribution is 2.24. The van der Waals surface area contributed by atoms with Gasteiger partial charge in [-0.05, 0) is 34.0 Å². The number of likely N-dealkylation sites (N-methyl/N-ethyl adjacent to an activating group) is 1. The second kappa shape index (κ2) is 6.83. The van der Waals surface area contributed by atoms with Gasteiger partial charge < -0.3 is 4.74 Å². The smallest absolute Gasteiger partial charge is 0.242 e. The van der Waals surface area contributed by atoms with Crippen LogP contribution in [0.5, 0.6) is 0 Å². The topological polar surface area (TPSA) is 46.6 Å². The lowest BCUT2D eigenvalue weighted by Crippen LogP contribution is -2.38. The average molecular weight is 367 g/mol. The van der Waals surface area contributed by atoms with Crippen LogP contribution in [0.3, 0.4) is 0 Å². The first-order chi connectivity index (χ1) is 12.5. The Balaban J connectivity index is 1.54. The molecule has 0 radical (unpaired) electrons. The van der Waals surface area contributed by atoms with Crippen molar-refractivity contribution in [2.45, 2.75) is 24.0 Å². The van der Waals surface area contributed by atoms with Crippen molar-refractivity contribution < 1.29 is 13.2 Å². The second-order valence-electron chi connectivity index (χ2n) is 6.70. The van der Waals surface area contributed by atoms with E-state index in [0.29, 0.717) is 18.0 Å². The summed E-state index contributed by atoms with van der Waals surface area (Å²) in [7, 11) is -1.93. The summed E-state index contributed by atoms with van der Waals surface area (Å²) in [5.74, 6) is 0. The minimum atomic E-state index is -3.55. The Morgan fingerprint density at radius 2 is 1.65 bits per heavy atom. The lowest BCUT2D eigenvalue weighted by molar-refractivity contribution is 0.0202. The molecule has 0 bridgehead atoms. The summed E-state index contributed by atoms with van der Waals surface area (Å²) < 4.78 is 33.2. The molecule has 4 nitrogen and oxygen atoms in total. The van der Waals surface area contributed by atoms with Gasteiger partial charge in [-0.2, -0.15) is 4.31 Å². The Hall–Kier alpha value is -2.21. The lowest BCUT2D eigenvalue weighted by Gasteiger charge is -2.28. The van der Waals surface area contributed by atoms with Crippen LogP contribution in [-0.2, 0) is 27.8 Å². The van der Waals surface area contributed by atoms with E-state index in [1.807, 2.05) is 42.5 Å². The third kappa shape index (κ3) is 3.26. The molecule has 134 valence electrons. The van der Waals surface area contributed by atoms with Crippen LogP contribution in [-0.4, -0.2) is 32.4 Å². The van der Waals surface area contributed by atoms with Crippen molar-refractivity contribution in [1.82, 2.24) is 4.31 Å². The van der Waals surface area contributed by atoms with Gasteiger partial charge in [-0.3, -0.25) is 0 Å². The first-order valence-corrected chi connectivity index (χ1v) is 10.1. The zero-order valence-corrected chi connectivity index (χ0v) is 15.4. The summed E-state index contributed by atoms with van der Waals surface area (Å²) in [6.07, 6.45) is 0.596. The van der Waals surface area contributed by atoms with E-state index in [1.165, 1.54) is 15.4 Å². The van der Waals surface area contributed by atoms with Crippen molar-refractivity contribution in [3.63, 3.8) is 0 Å². The highest BCUT2D eigenvalue weighted by molar-refractivity contribution is 7.89. The number of hydrogen-bond donors (Lipinski definition) is 0. The monoisotopic (exact) mass is 367 g/mol. The van der Waals surface area contributed by atoms with Crippen molar-refractivity contribution in [3.05, 3.63) is 77.9 Å². The first-order valence-electron chi connectivity index (χ1n) is 8.67. The molecule has 0 aromatic heterocycles. The van der Waals surface area contributed by atoms with E-state index in [4.69, 9.17) is 4.74 Å². The molecule has 1 atom stereocenters. The molecule has 4 rings (SSSR count). The Labute approximate surface area is 154 Å². The van der Waals surface area contributed by atoms with Crippen LogP contribution in [0.4, 0.5) is 0 Å². The average Bonchev–Trinajstić information content (AvgIpc) is 2.67. The summed E-state index contributed by atoms with van der Waals surface area (Å²) in [6.45, 7) is 0.869. The fourth-order valence-corrected chi connectivity index (χ4v) is 4.66. The molecule has 3 aromatic rings. The van der Waals surface area contributed by atoms with Crippen LogP contribution in [0, 0.1) is 0 Å². The molecule has 1 aliphatic rings. The van der Waals surface area contributed by atoms with Gasteiger partial charge in [0.1, 0.15) is 0 Å². The van der Waals surface area contributed by atoms with Crippen LogP contribution >= 0.6 is 0 Å². The minimum Gasteiger partial charge on any atom is -0.372 e. The molecule has 1 heterocycles. The predicted molar refractivity (Wildman–Crippen MR) is 102 cm³/mol. The summed E-state index contributed by atoms with van der Waals surface area (Å²) in [4.78, 5) is 0.315. The highest BCUT2D eigenvalue weighted by Gasteiger charge is 2.27. The fraction of sp³-hybridized carbons (Fsp3) is 0.238. The van der Waals surface area contributed by atoms with Crippen molar-refractivity contribution in [3.8, 4) is 0 Å². The molecule has 3 aromatic carbocycles. The Bertz CT molecular complexity index is 1050. The van der Waals surface area contributed by atoms with Crippen LogP contribution < -0.4 is 0 Å². The Morgan fingerprint density at radius 1 is 0.962 bits per heavy atom. The van der Waals surface area contributed by atoms with Gasteiger partial charge in [0, 0.05) is 20.0 Å². The molecule has 0 saturated heterocycles. The zero-order chi connectivity index (χ0) is 18.1. The number of rotatable bonds is 4. The number of ether oxygens (including phenoxy) is 1. The number of benzene rings is 3. The quantitative estimate of drug-likeness (QED) is 0.708. The van der Waals surface area contributed by atoms with Crippen molar-refractivity contribution in [2.24, 2.45) is 0 Å². The third-order valence-electron chi connectivity index (χ3n) is 4.93. The molecule has 5 heteroatoms. The van der Waals surface area contributed by atoms with Gasteiger partial charge in [0.25, 0.3) is 0 Å². The summed E-state index contributed by atoms with van der Waals surface area (Å²) in [5.41, 5.74) is 2.42. The number of hydrogen-bond acceptors (Lipinski definition) is 3. The maximum atomic E-state index is 13.0. The Morgan fingerprint density at radius 3 is 2.46 bits per heavy atom. The van der Waals surface area contributed by atoms with E-state index >= 15 is 0 Å². The molecule has 0 aliphatic carbocycles. The molecule has 0 spiro atoms. The molecular weight excluding hydrogens is 346 g/mol. The van der Waals surface area contributed by atoms with Gasteiger partial charge in [0.05, 0.1) is 17.6 Å². The van der Waals surface area contributed by atoms with Gasteiger partial charge in [-0.1, -0.05) is 54.6 Å². The predicted octanol–water partition coefficient (Wildman–Crippen LogP) is 3.60. The van der Waals surface area contributed by atoms with Gasteiger partial charge in [0.15, 0.2) is 0 Å². The largest absolute Gasteiger partial charge is 0.372 e. The van der Waals surface area contributed by atoms with Crippen LogP contribution in [0.25, 0.3) is 10.8 Å². The van der Waals surface area contributed by atoms with E-state index in [1.54, 1.807) is 19.2 Å². The van der Waals surface area contributed by atoms with Gasteiger partial charge in [-0.25, -0.2) is 8.42 Å². The molecular formula is C21H21NO3S. The number of fused-ring (bicyclic) bond motifs is 2. The van der Waals surface area contributed by atoms with Crippen LogP contribution in [0.2, 0.25) is 0 Å². The first kappa shape index (κ1) is 17.2. The number of nitrogens with zero attached hydrogens (tertiary/aromatic N) is 1. The summed E-state index contributed by atoms with van der Waals surface area (Å²) in [5, 5.41) is 1.95. The van der Waals surface area contributed by atoms with Gasteiger partial charge in [0.2, 0.25) is 10.0 Å². The van der Waals surface area contributed by atoms with Gasteiger partial charge >= 0.3 is 0 Å². The minimum absolute atomic E-state index is 0.134. The molecule has 0 saturated carbocycles. The van der Waals surface area contributed by atoms with E-state index < -0.39 is 10.0 Å². The molecule has 1 unspecified atom stereocenters. The maximum absolute atomic E-state index is 13.0. The van der Waals surface area contributed by atoms with E-state index in [2.05, 4.69) is 12.1 Å². The Kier molecular flexibility index (Phi) is 4.53. The highest BCUT2D eigenvalue weighted by atomic mass is 32.2. The SMILES string of the molecule is CN(CC1Cc2ccccc2CO1)S(=O)(=O)c1ccc2ccccc2c1. The molecule has 0 amide bonds. The molecule has 0 N–H and O–H groups in total. The molecule has 26 heavy (non-hydrogen) atoms. The van der Waals surface area contributed by atoms with Crippen molar-refractivity contribution in [1.29, 1.82) is 0 Å². The van der Waals surface area contributed by atoms with Gasteiger partial charge in [-0.15, -0.1) is 0 Å². The third-order valence-corrected chi connectivity index (χ3v) is 6.75. The lowest BCUT2D eigenvalue weighted by atomic mass is 9.99. The molecule has 0 fully saturated rings. The second-order valence-corrected chi connectivity index (χ2v) is 8.75. The van der Waals surface area contributed by atoms with Crippen LogP contribution in [0.1, 0.15) is 11.1 Å². The normalized spacial score (nSPS) is 17.4. The van der Waals surface area contributed by atoms with E-state index in [0.717, 1.165) is 17.2 Å². The van der Waals surface area contributed by atoms with Crippen LogP contribution in [0.15, 0.2) is 71.6 Å². The van der Waals surface area contributed by atoms with E-state index in [9.17, 15) is 8.42 Å². The fourth-order valence-electron chi connectivity index (χ4n) is 3.42. The standard InChI is InChI=1S/C21H21NO3S/c1-22(14-20-12-17-7-4-5-9-19(17)15-25-20)26(23,24)21-11-10-16-6-2-3-8-18(16)13-21/h2-11,13,20H,12,14-15H2,1H3. The van der Waals surface area contributed by atoms with E-state index in [-0.39, 0.29) is 6.10 Å². The molecule has 1 aliphatic heterocycles. The van der Waals surface area contributed by atoms with Crippen molar-refractivity contribution >= 4 is 20.8 Å². The number of sulfonamides is 1.